The predicted octanol–water partition coefficient (Wildman–Crippen LogP) is 2.38. The lowest BCUT2D eigenvalue weighted by molar-refractivity contribution is -0.140. The summed E-state index contributed by atoms with van der Waals surface area (Å²) in [6.45, 7) is 4.40. The molecule has 2 fully saturated rings. The van der Waals surface area contributed by atoms with Gasteiger partial charge in [0, 0.05) is 19.5 Å². The number of nitrogens with one attached hydrogen (secondary N) is 2. The smallest absolute Gasteiger partial charge is 0.321 e. The number of hydrogen-bond acceptors (Lipinski definition) is 7. The third kappa shape index (κ3) is 6.67. The van der Waals surface area contributed by atoms with Crippen LogP contribution >= 0.6 is 0 Å². The molecule has 202 valence electrons. The van der Waals surface area contributed by atoms with Gasteiger partial charge in [-0.3, -0.25) is 9.59 Å². The summed E-state index contributed by atoms with van der Waals surface area (Å²) in [5, 5.41) is 13.3. The van der Waals surface area contributed by atoms with Gasteiger partial charge in [-0.15, -0.1) is 0 Å². The number of sulfonamides is 1. The summed E-state index contributed by atoms with van der Waals surface area (Å²) >= 11 is 0. The molecule has 1 aliphatic carbocycles. The maximum absolute atomic E-state index is 13.9. The highest BCUT2D eigenvalue weighted by Gasteiger charge is 2.46. The molecule has 9 nitrogen and oxygen atoms in total. The van der Waals surface area contributed by atoms with Gasteiger partial charge in [0.05, 0.1) is 22.1 Å². The van der Waals surface area contributed by atoms with Crippen molar-refractivity contribution in [2.24, 2.45) is 5.41 Å². The molecule has 2 saturated heterocycles. The molecule has 2 aliphatic heterocycles. The van der Waals surface area contributed by atoms with Crippen LogP contribution < -0.4 is 10.0 Å². The number of carbonyl (C=O) groups is 2. The van der Waals surface area contributed by atoms with Gasteiger partial charge in [0.1, 0.15) is 12.1 Å². The van der Waals surface area contributed by atoms with Crippen LogP contribution in [0.5, 0.6) is 0 Å². The number of piperidine rings is 1. The summed E-state index contributed by atoms with van der Waals surface area (Å²) in [7, 11) is -2.05. The van der Waals surface area contributed by atoms with E-state index in [-0.39, 0.29) is 29.6 Å². The maximum Gasteiger partial charge on any atom is 0.321 e. The maximum atomic E-state index is 13.9. The first kappa shape index (κ1) is 27.5. The summed E-state index contributed by atoms with van der Waals surface area (Å²) in [6, 6.07) is 4.29. The molecule has 4 rings (SSSR count). The number of aryl methyl sites for hydroxylation is 1. The quantitative estimate of drug-likeness (QED) is 0.420. The summed E-state index contributed by atoms with van der Waals surface area (Å²) in [5.41, 5.74) is -0.324. The average molecular weight is 532 g/mol. The van der Waals surface area contributed by atoms with Crippen molar-refractivity contribution in [2.45, 2.75) is 68.5 Å². The van der Waals surface area contributed by atoms with Crippen molar-refractivity contribution < 1.29 is 27.9 Å². The number of nitrogens with zero attached hydrogens (tertiary/aromatic N) is 1. The molecular weight excluding hydrogens is 494 g/mol. The first-order valence-corrected chi connectivity index (χ1v) is 14.4. The van der Waals surface area contributed by atoms with Crippen molar-refractivity contribution in [2.75, 3.05) is 26.7 Å². The van der Waals surface area contributed by atoms with Crippen LogP contribution in [0.1, 0.15) is 44.1 Å². The molecule has 2 unspecified atom stereocenters. The molecule has 10 heteroatoms. The van der Waals surface area contributed by atoms with Gasteiger partial charge in [-0.2, -0.15) is 4.72 Å². The van der Waals surface area contributed by atoms with Gasteiger partial charge in [0.25, 0.3) is 0 Å². The molecule has 3 aliphatic rings. The summed E-state index contributed by atoms with van der Waals surface area (Å²) < 4.78 is 34.8. The number of ketones is 1. The highest BCUT2D eigenvalue weighted by molar-refractivity contribution is 7.89. The van der Waals surface area contributed by atoms with Gasteiger partial charge in [0.15, 0.2) is 5.78 Å². The second kappa shape index (κ2) is 11.5. The minimum absolute atomic E-state index is 0.0208. The number of carboxylic acid groups (broad SMARTS) is 1. The largest absolute Gasteiger partial charge is 0.495 e. The van der Waals surface area contributed by atoms with Gasteiger partial charge in [-0.25, -0.2) is 8.42 Å². The van der Waals surface area contributed by atoms with Crippen LogP contribution in [-0.4, -0.2) is 75.0 Å². The molecule has 0 amide bonds. The van der Waals surface area contributed by atoms with E-state index < -0.39 is 33.5 Å². The first-order chi connectivity index (χ1) is 17.6. The molecule has 0 bridgehead atoms. The second-order valence-corrected chi connectivity index (χ2v) is 12.2. The van der Waals surface area contributed by atoms with Crippen LogP contribution in [0, 0.1) is 12.3 Å². The summed E-state index contributed by atoms with van der Waals surface area (Å²) in [6.07, 6.45) is 8.58. The zero-order valence-electron chi connectivity index (χ0n) is 21.5. The van der Waals surface area contributed by atoms with E-state index in [0.717, 1.165) is 37.9 Å². The Labute approximate surface area is 219 Å². The topological polar surface area (TPSA) is 125 Å². The normalized spacial score (nSPS) is 26.0. The third-order valence-corrected chi connectivity index (χ3v) is 9.02. The van der Waals surface area contributed by atoms with Crippen molar-refractivity contribution >= 4 is 21.8 Å². The number of hydrogen-bond donors (Lipinski definition) is 3. The molecule has 37 heavy (non-hydrogen) atoms. The van der Waals surface area contributed by atoms with Gasteiger partial charge in [0.2, 0.25) is 10.0 Å². The van der Waals surface area contributed by atoms with E-state index in [1.165, 1.54) is 12.1 Å². The average Bonchev–Trinajstić information content (AvgIpc) is 3.40. The molecule has 3 N–H and O–H groups in total. The molecule has 0 spiro atoms. The van der Waals surface area contributed by atoms with Crippen LogP contribution in [0.15, 0.2) is 53.1 Å². The molecule has 3 atom stereocenters. The van der Waals surface area contributed by atoms with Crippen molar-refractivity contribution in [1.82, 2.24) is 14.9 Å². The number of ether oxygens (including phenoxy) is 1. The first-order valence-electron chi connectivity index (χ1n) is 12.9. The molecule has 0 aromatic heterocycles. The fraction of sp³-hybridized carbons (Fsp3) is 0.556. The van der Waals surface area contributed by atoms with E-state index >= 15 is 0 Å². The van der Waals surface area contributed by atoms with Crippen LogP contribution in [0.3, 0.4) is 0 Å². The van der Waals surface area contributed by atoms with E-state index in [2.05, 4.69) is 22.0 Å². The van der Waals surface area contributed by atoms with Crippen molar-refractivity contribution in [3.63, 3.8) is 0 Å². The lowest BCUT2D eigenvalue weighted by Gasteiger charge is -2.38. The number of aliphatic carboxylic acids is 1. The fourth-order valence-electron chi connectivity index (χ4n) is 5.35. The lowest BCUT2D eigenvalue weighted by atomic mass is 9.70. The number of Topliss-reactive ketones (excluding diaryl/α,β-unsaturated/α-hetero) is 1. The summed E-state index contributed by atoms with van der Waals surface area (Å²) in [4.78, 5) is 28.4. The molecule has 1 aromatic carbocycles. The van der Waals surface area contributed by atoms with Crippen molar-refractivity contribution in [3.8, 4) is 0 Å². The molecule has 0 saturated carbocycles. The predicted molar refractivity (Wildman–Crippen MR) is 139 cm³/mol. The zero-order chi connectivity index (χ0) is 26.6. The van der Waals surface area contributed by atoms with Crippen LogP contribution in [0.25, 0.3) is 0 Å². The Morgan fingerprint density at radius 2 is 1.92 bits per heavy atom. The minimum atomic E-state index is -4.12. The zero-order valence-corrected chi connectivity index (χ0v) is 22.3. The number of benzene rings is 1. The Kier molecular flexibility index (Phi) is 8.52. The second-order valence-electron chi connectivity index (χ2n) is 10.5. The van der Waals surface area contributed by atoms with E-state index in [1.807, 2.05) is 13.0 Å². The Morgan fingerprint density at radius 3 is 2.54 bits per heavy atom. The monoisotopic (exact) mass is 531 g/mol. The number of rotatable bonds is 10. The van der Waals surface area contributed by atoms with Gasteiger partial charge >= 0.3 is 5.97 Å². The molecule has 2 heterocycles. The third-order valence-electron chi connectivity index (χ3n) is 7.53. The van der Waals surface area contributed by atoms with E-state index in [9.17, 15) is 23.1 Å². The van der Waals surface area contributed by atoms with Crippen LogP contribution in [0.2, 0.25) is 0 Å². The SMILES string of the molecule is Cc1ccc(S(=O)(=O)NC(CC2(C(=O)[C@@H]3CCCN3)C=CC=C(OC3CCN(C)CC3)C2)C(=O)O)cc1. The number of likely N-dealkylation sites (tertiary alicyclic amines) is 1. The van der Waals surface area contributed by atoms with Crippen LogP contribution in [-0.2, 0) is 24.3 Å². The number of carboxylic acids is 1. The fourth-order valence-corrected chi connectivity index (χ4v) is 6.54. The van der Waals surface area contributed by atoms with Gasteiger partial charge in [-0.05, 0) is 70.8 Å². The molecule has 1 aromatic rings. The molecule has 0 radical (unpaired) electrons. The van der Waals surface area contributed by atoms with Crippen molar-refractivity contribution in [1.29, 1.82) is 0 Å². The highest BCUT2D eigenvalue weighted by atomic mass is 32.2. The van der Waals surface area contributed by atoms with E-state index in [4.69, 9.17) is 4.74 Å². The minimum Gasteiger partial charge on any atom is -0.495 e. The van der Waals surface area contributed by atoms with E-state index in [0.29, 0.717) is 18.7 Å². The Bertz CT molecular complexity index is 1150. The van der Waals surface area contributed by atoms with Gasteiger partial charge < -0.3 is 20.1 Å². The van der Waals surface area contributed by atoms with E-state index in [1.54, 1.807) is 24.3 Å². The summed E-state index contributed by atoms with van der Waals surface area (Å²) in [5.74, 6) is -0.823. The lowest BCUT2D eigenvalue weighted by Crippen LogP contribution is -2.50. The molecular formula is C27H37N3O6S. The Balaban J connectivity index is 1.58. The number of allylic oxidation sites excluding steroid dienone is 4. The Morgan fingerprint density at radius 1 is 1.22 bits per heavy atom. The standard InChI is InChI=1S/C27H37N3O6S/c1-19-7-9-22(10-8-19)37(34,35)29-24(26(32)33)18-27(25(31)23-6-4-14-28-23)13-3-5-21(17-27)36-20-11-15-30(2)16-12-20/h3,5,7-10,13,20,23-24,28-29H,4,6,11-12,14-18H2,1-2H3,(H,32,33)/t23-,24?,27?/m0/s1. The number of carbonyl (C=O) groups excluding carboxylic acids is 1. The Hall–Kier alpha value is -2.53. The van der Waals surface area contributed by atoms with Crippen molar-refractivity contribution in [3.05, 3.63) is 53.8 Å². The van der Waals surface area contributed by atoms with Gasteiger partial charge in [-0.1, -0.05) is 29.8 Å². The van der Waals surface area contributed by atoms with Crippen LogP contribution in [0.4, 0.5) is 0 Å². The highest BCUT2D eigenvalue weighted by Crippen LogP contribution is 2.41.